The van der Waals surface area contributed by atoms with Crippen molar-refractivity contribution in [2.45, 2.75) is 57.0 Å². The molecule has 1 unspecified atom stereocenters. The molecule has 1 aromatic rings. The van der Waals surface area contributed by atoms with Crippen molar-refractivity contribution in [3.63, 3.8) is 0 Å². The molecule has 11 heteroatoms. The average molecular weight is 658 g/mol. The van der Waals surface area contributed by atoms with Crippen molar-refractivity contribution < 1.29 is 35.5 Å². The number of halogens is 2. The molecule has 0 radical (unpaired) electrons. The standard InChI is InChI=1S/C25H37Cl2N3O2S2.O.Tc/c1-2-23(31)25-19(17-4-6-20(26)21(27)14-17)15-18-5-7-22(25)30(18)10-3-9-29(11-13-34)16-24(32)28-8-12-33;;/h4,6,14,18-19,22,25,33-34H,2-3,5,7-13,15-16H2,1H3,(H,28,32);;/q;-2;+5/p-3/t18?,19-,22+,25-;;/m0../s1. The molecule has 36 heavy (non-hydrogen) atoms. The molecule has 2 aliphatic rings. The second kappa shape index (κ2) is 17.0. The van der Waals surface area contributed by atoms with E-state index < -0.39 is 0 Å². The third kappa shape index (κ3) is 8.85. The molecule has 0 amide bonds. The van der Waals surface area contributed by atoms with Crippen LogP contribution in [0.25, 0.3) is 0 Å². The number of piperidine rings is 1. The van der Waals surface area contributed by atoms with Gasteiger partial charge in [0.2, 0.25) is 0 Å². The Labute approximate surface area is 250 Å². The number of Topliss-reactive ketones (excluding diaryl/α,β-unsaturated/α-hetero) is 1. The summed E-state index contributed by atoms with van der Waals surface area (Å²) in [6.07, 6.45) is 4.60. The van der Waals surface area contributed by atoms with Gasteiger partial charge in [-0.15, -0.1) is 0 Å². The maximum absolute atomic E-state index is 13.1. The van der Waals surface area contributed by atoms with Gasteiger partial charge in [0.25, 0.3) is 0 Å². The number of aliphatic imine (C=N–C) groups is 1. The van der Waals surface area contributed by atoms with Crippen molar-refractivity contribution in [2.75, 3.05) is 44.2 Å². The van der Waals surface area contributed by atoms with E-state index >= 15 is 0 Å². The van der Waals surface area contributed by atoms with E-state index in [0.29, 0.717) is 59.4 Å². The van der Waals surface area contributed by atoms with Gasteiger partial charge in [0.1, 0.15) is 5.78 Å². The van der Waals surface area contributed by atoms with Gasteiger partial charge in [0, 0.05) is 37.5 Å². The van der Waals surface area contributed by atoms with Gasteiger partial charge in [-0.2, -0.15) is 11.5 Å². The summed E-state index contributed by atoms with van der Waals surface area (Å²) < 4.78 is 0. The zero-order valence-corrected chi connectivity index (χ0v) is 25.5. The molecule has 2 fully saturated rings. The van der Waals surface area contributed by atoms with Crippen LogP contribution in [0.1, 0.15) is 50.5 Å². The van der Waals surface area contributed by atoms with Crippen molar-refractivity contribution in [2.24, 2.45) is 10.9 Å². The van der Waals surface area contributed by atoms with Gasteiger partial charge in [0.15, 0.2) is 0 Å². The van der Waals surface area contributed by atoms with Crippen LogP contribution in [-0.4, -0.2) is 77.8 Å². The van der Waals surface area contributed by atoms with Crippen LogP contribution in [-0.2, 0) is 55.6 Å². The quantitative estimate of drug-likeness (QED) is 0.184. The Kier molecular flexibility index (Phi) is 16.1. The summed E-state index contributed by atoms with van der Waals surface area (Å²) in [6, 6.07) is 6.53. The molecular formula is C25H34Cl2N3O3S2Tc. The predicted molar refractivity (Wildman–Crippen MR) is 145 cm³/mol. The molecule has 0 saturated carbocycles. The zero-order chi connectivity index (χ0) is 24.7. The smallest absolute Gasteiger partial charge is 2.00 e. The van der Waals surface area contributed by atoms with Gasteiger partial charge in [0.05, 0.1) is 10.0 Å². The van der Waals surface area contributed by atoms with Crippen molar-refractivity contribution >= 4 is 60.1 Å². The van der Waals surface area contributed by atoms with Crippen molar-refractivity contribution in [1.29, 1.82) is 0 Å². The first-order valence-corrected chi connectivity index (χ1v) is 14.1. The molecule has 2 aliphatic heterocycles. The monoisotopic (exact) mass is 655 g/mol. The largest absolute Gasteiger partial charge is 5.00 e. The number of fused-ring (bicyclic) bond motifs is 2. The fourth-order valence-electron chi connectivity index (χ4n) is 5.71. The number of rotatable bonds is 13. The number of carbonyl (C=O) groups is 1. The number of nitrogens with zero attached hydrogens (tertiary/aromatic N) is 3. The van der Waals surface area contributed by atoms with Crippen LogP contribution >= 0.6 is 23.2 Å². The number of benzene rings is 1. The molecule has 1 aromatic carbocycles. The number of hydrogen-bond acceptors (Lipinski definition) is 7. The van der Waals surface area contributed by atoms with Gasteiger partial charge in [-0.1, -0.05) is 36.2 Å². The van der Waals surface area contributed by atoms with E-state index in [0.717, 1.165) is 44.3 Å². The minimum absolute atomic E-state index is 0. The number of carbonyl (C=O) groups excluding carboxylic acids is 1. The van der Waals surface area contributed by atoms with E-state index in [9.17, 15) is 9.90 Å². The van der Waals surface area contributed by atoms with Crippen LogP contribution in [0, 0.1) is 5.92 Å². The summed E-state index contributed by atoms with van der Waals surface area (Å²) in [4.78, 5) is 21.8. The molecule has 4 atom stereocenters. The maximum Gasteiger partial charge on any atom is 5.00 e. The first-order valence-electron chi connectivity index (χ1n) is 12.2. The molecule has 0 N–H and O–H groups in total. The van der Waals surface area contributed by atoms with Crippen molar-refractivity contribution in [1.82, 2.24) is 9.80 Å². The average Bonchev–Trinajstić information content (AvgIpc) is 3.09. The first kappa shape index (κ1) is 34.2. The second-order valence-electron chi connectivity index (χ2n) is 9.21. The molecule has 0 aliphatic carbocycles. The zero-order valence-electron chi connectivity index (χ0n) is 20.5. The van der Waals surface area contributed by atoms with Crippen molar-refractivity contribution in [3.8, 4) is 0 Å². The molecule has 0 aromatic heterocycles. The summed E-state index contributed by atoms with van der Waals surface area (Å²) in [5.41, 5.74) is 1.12. The summed E-state index contributed by atoms with van der Waals surface area (Å²) in [6.45, 7) is 5.08. The number of ketones is 1. The van der Waals surface area contributed by atoms with Crippen LogP contribution < -0.4 is 5.11 Å². The van der Waals surface area contributed by atoms with Gasteiger partial charge < -0.3 is 45.7 Å². The normalized spacial score (nSPS) is 23.9. The SMILES string of the molecule is CCC(=O)[C@@H]1[C@H]2CCC(C[C@H]1c1ccc(Cl)c(Cl)c1)N2CCCN(CC[S-])CC([O-])=NCC[S-].[O-2].[Tc+5]. The Hall–Kier alpha value is 0.169. The van der Waals surface area contributed by atoms with Crippen LogP contribution in [0.5, 0.6) is 0 Å². The molecule has 6 nitrogen and oxygen atoms in total. The summed E-state index contributed by atoms with van der Waals surface area (Å²) in [5, 5.41) is 13.2. The summed E-state index contributed by atoms with van der Waals surface area (Å²) in [7, 11) is 0. The third-order valence-corrected chi connectivity index (χ3v) is 8.30. The van der Waals surface area contributed by atoms with E-state index in [1.807, 2.05) is 25.1 Å². The van der Waals surface area contributed by atoms with Gasteiger partial charge >= 0.3 is 20.1 Å². The van der Waals surface area contributed by atoms with E-state index in [4.69, 9.17) is 48.5 Å². The van der Waals surface area contributed by atoms with Crippen molar-refractivity contribution in [3.05, 3.63) is 33.8 Å². The van der Waals surface area contributed by atoms with Gasteiger partial charge in [-0.25, -0.2) is 0 Å². The number of hydrogen-bond donors (Lipinski definition) is 0. The van der Waals surface area contributed by atoms with Crippen LogP contribution in [0.4, 0.5) is 0 Å². The fourth-order valence-corrected chi connectivity index (χ4v) is 6.37. The van der Waals surface area contributed by atoms with E-state index in [1.54, 1.807) is 0 Å². The molecule has 200 valence electrons. The Morgan fingerprint density at radius 3 is 2.58 bits per heavy atom. The molecule has 2 heterocycles. The van der Waals surface area contributed by atoms with Gasteiger partial charge in [-0.05, 0) is 74.8 Å². The first-order chi connectivity index (χ1) is 16.4. The summed E-state index contributed by atoms with van der Waals surface area (Å²) >= 11 is 22.5. The summed E-state index contributed by atoms with van der Waals surface area (Å²) in [5.74, 6) is 1.41. The topological polar surface area (TPSA) is 87.5 Å². The third-order valence-electron chi connectivity index (χ3n) is 7.19. The molecule has 0 spiro atoms. The van der Waals surface area contributed by atoms with E-state index in [2.05, 4.69) is 14.8 Å². The molecule has 2 bridgehead atoms. The van der Waals surface area contributed by atoms with Gasteiger partial charge in [-0.3, -0.25) is 9.69 Å². The Balaban J connectivity index is 0.00000324. The molecule has 3 rings (SSSR count). The van der Waals surface area contributed by atoms with Crippen LogP contribution in [0.2, 0.25) is 10.0 Å². The molecular weight excluding hydrogens is 623 g/mol. The minimum atomic E-state index is -0.121. The van der Waals surface area contributed by atoms with Crippen LogP contribution in [0.15, 0.2) is 23.2 Å². The minimum Gasteiger partial charge on any atom is -2.00 e. The maximum atomic E-state index is 13.1. The Bertz CT molecular complexity index is 868. The Morgan fingerprint density at radius 1 is 1.19 bits per heavy atom. The molecule has 2 saturated heterocycles. The Morgan fingerprint density at radius 2 is 1.94 bits per heavy atom. The van der Waals surface area contributed by atoms with Crippen LogP contribution in [0.3, 0.4) is 0 Å². The second-order valence-corrected chi connectivity index (χ2v) is 10.8. The van der Waals surface area contributed by atoms with E-state index in [-0.39, 0.29) is 49.4 Å². The fraction of sp³-hybridized carbons (Fsp3) is 0.680. The van der Waals surface area contributed by atoms with E-state index in [1.165, 1.54) is 0 Å². The predicted octanol–water partition coefficient (Wildman–Crippen LogP) is 3.33.